The minimum Gasteiger partial charge on any atom is -0.442 e. The van der Waals surface area contributed by atoms with E-state index < -0.39 is 10.0 Å². The summed E-state index contributed by atoms with van der Waals surface area (Å²) in [4.78, 5) is 16.1. The number of aromatic nitrogens is 1. The molecule has 2 N–H and O–H groups in total. The minimum absolute atomic E-state index is 0. The second kappa shape index (κ2) is 7.16. The lowest BCUT2D eigenvalue weighted by molar-refractivity contribution is -0.114. The quantitative estimate of drug-likeness (QED) is 0.645. The highest BCUT2D eigenvalue weighted by Crippen LogP contribution is 2.36. The van der Waals surface area contributed by atoms with Crippen LogP contribution in [0.3, 0.4) is 0 Å². The Morgan fingerprint density at radius 1 is 1.29 bits per heavy atom. The number of amides is 1. The lowest BCUT2D eigenvalue weighted by Gasteiger charge is -2.13. The molecule has 0 saturated heterocycles. The lowest BCUT2D eigenvalue weighted by atomic mass is 10.1. The number of fused-ring (bicyclic) bond motifs is 1. The normalized spacial score (nSPS) is 16.1. The summed E-state index contributed by atoms with van der Waals surface area (Å²) in [5.41, 5.74) is 2.84. The first-order valence-corrected chi connectivity index (χ1v) is 11.1. The van der Waals surface area contributed by atoms with Crippen LogP contribution in [0, 0.1) is 6.92 Å². The smallest absolute Gasteiger partial charge is 0.274 e. The van der Waals surface area contributed by atoms with E-state index in [1.165, 1.54) is 29.9 Å². The monoisotopic (exact) mass is 421 g/mol. The number of hydrogen-bond donors (Lipinski definition) is 2. The molecule has 3 aromatic rings. The van der Waals surface area contributed by atoms with Crippen LogP contribution in [0.1, 0.15) is 39.1 Å². The van der Waals surface area contributed by atoms with Crippen molar-refractivity contribution in [3.63, 3.8) is 0 Å². The molecule has 0 bridgehead atoms. The maximum absolute atomic E-state index is 12.8. The molecule has 0 radical (unpaired) electrons. The number of thiazole rings is 1. The number of furan rings is 1. The summed E-state index contributed by atoms with van der Waals surface area (Å²) in [5.74, 6) is 0.183. The summed E-state index contributed by atoms with van der Waals surface area (Å²) in [6.07, 6.45) is 1.57. The molecule has 1 aliphatic rings. The Balaban J connectivity index is 0.00000160. The SMILES string of the molecule is CC(=O)Nc1nc(C)c(-c2ccc(S(=O)(=O)N[C@H]3CCc4ccccc43)o2)s1.[HH].[HH]. The molecule has 7 nitrogen and oxygen atoms in total. The fraction of sp³-hybridized carbons (Fsp3) is 0.263. The van der Waals surface area contributed by atoms with Crippen molar-refractivity contribution in [1.82, 2.24) is 9.71 Å². The van der Waals surface area contributed by atoms with E-state index in [-0.39, 0.29) is 19.9 Å². The van der Waals surface area contributed by atoms with E-state index in [0.717, 1.165) is 18.4 Å². The minimum atomic E-state index is -3.80. The third-order valence-corrected chi connectivity index (χ3v) is 7.01. The zero-order chi connectivity index (χ0) is 19.9. The molecule has 4 rings (SSSR count). The van der Waals surface area contributed by atoms with E-state index in [0.29, 0.717) is 21.5 Å². The molecule has 1 atom stereocenters. The van der Waals surface area contributed by atoms with E-state index >= 15 is 0 Å². The number of sulfonamides is 1. The summed E-state index contributed by atoms with van der Waals surface area (Å²) in [7, 11) is -3.80. The molecule has 0 spiro atoms. The van der Waals surface area contributed by atoms with Crippen LogP contribution in [0.5, 0.6) is 0 Å². The highest BCUT2D eigenvalue weighted by atomic mass is 32.2. The molecule has 9 heteroatoms. The number of hydrogen-bond acceptors (Lipinski definition) is 6. The highest BCUT2D eigenvalue weighted by Gasteiger charge is 2.29. The molecule has 2 aromatic heterocycles. The molecule has 0 fully saturated rings. The topological polar surface area (TPSA) is 101 Å². The number of nitrogens with zero attached hydrogens (tertiary/aromatic N) is 1. The first kappa shape index (κ1) is 18.9. The van der Waals surface area contributed by atoms with Crippen molar-refractivity contribution in [2.45, 2.75) is 37.8 Å². The number of carbonyl (C=O) groups excluding carboxylic acids is 1. The number of rotatable bonds is 5. The van der Waals surface area contributed by atoms with Crippen LogP contribution < -0.4 is 10.0 Å². The van der Waals surface area contributed by atoms with Gasteiger partial charge in [-0.1, -0.05) is 35.6 Å². The molecule has 150 valence electrons. The van der Waals surface area contributed by atoms with Gasteiger partial charge in [0.25, 0.3) is 10.0 Å². The summed E-state index contributed by atoms with van der Waals surface area (Å²) >= 11 is 1.24. The zero-order valence-corrected chi connectivity index (χ0v) is 17.0. The van der Waals surface area contributed by atoms with Crippen molar-refractivity contribution in [3.8, 4) is 10.6 Å². The Kier molecular flexibility index (Phi) is 4.82. The Morgan fingerprint density at radius 3 is 2.86 bits per heavy atom. The lowest BCUT2D eigenvalue weighted by Crippen LogP contribution is -2.27. The second-order valence-corrected chi connectivity index (χ2v) is 9.29. The maximum atomic E-state index is 12.8. The van der Waals surface area contributed by atoms with Crippen LogP contribution in [-0.4, -0.2) is 19.3 Å². The van der Waals surface area contributed by atoms with Crippen molar-refractivity contribution in [2.24, 2.45) is 0 Å². The summed E-state index contributed by atoms with van der Waals surface area (Å²) in [6, 6.07) is 10.6. The number of aryl methyl sites for hydroxylation is 2. The van der Waals surface area contributed by atoms with Gasteiger partial charge in [0, 0.05) is 15.8 Å². The fourth-order valence-electron chi connectivity index (χ4n) is 3.34. The van der Waals surface area contributed by atoms with Gasteiger partial charge < -0.3 is 9.73 Å². The first-order chi connectivity index (χ1) is 13.3. The fourth-order valence-corrected chi connectivity index (χ4v) is 5.50. The molecular weight excluding hydrogens is 398 g/mol. The molecule has 0 aliphatic heterocycles. The van der Waals surface area contributed by atoms with Crippen molar-refractivity contribution < 1.29 is 20.5 Å². The second-order valence-electron chi connectivity index (χ2n) is 6.64. The van der Waals surface area contributed by atoms with Crippen molar-refractivity contribution in [2.75, 3.05) is 5.32 Å². The Bertz CT molecular complexity index is 1160. The van der Waals surface area contributed by atoms with Crippen molar-refractivity contribution in [1.29, 1.82) is 0 Å². The Hall–Kier alpha value is -2.49. The number of nitrogens with one attached hydrogen (secondary N) is 2. The zero-order valence-electron chi connectivity index (χ0n) is 15.4. The van der Waals surface area contributed by atoms with Crippen LogP contribution in [0.25, 0.3) is 10.6 Å². The third-order valence-electron chi connectivity index (χ3n) is 4.58. The Labute approximate surface area is 169 Å². The summed E-state index contributed by atoms with van der Waals surface area (Å²) < 4.78 is 34.0. The standard InChI is InChI=1S/C19H19N3O4S2.2H2/c1-11-18(27-19(20-11)21-12(2)23)16-9-10-17(26-16)28(24,25)22-15-8-7-13-5-3-4-6-14(13)15;;/h3-6,9-10,15,22H,7-8H2,1-2H3,(H,20,21,23);2*1H/t15-;;/m0../s1. The van der Waals surface area contributed by atoms with E-state index in [4.69, 9.17) is 4.42 Å². The van der Waals surface area contributed by atoms with Gasteiger partial charge in [-0.2, -0.15) is 0 Å². The average molecular weight is 422 g/mol. The van der Waals surface area contributed by atoms with E-state index in [9.17, 15) is 13.2 Å². The molecule has 1 aliphatic carbocycles. The predicted octanol–water partition coefficient (Wildman–Crippen LogP) is 4.13. The average Bonchev–Trinajstić information content (AvgIpc) is 3.34. The van der Waals surface area contributed by atoms with Gasteiger partial charge in [-0.25, -0.2) is 18.1 Å². The number of anilines is 1. The van der Waals surface area contributed by atoms with Crippen molar-refractivity contribution in [3.05, 3.63) is 53.2 Å². The molecule has 1 aromatic carbocycles. The molecule has 0 unspecified atom stereocenters. The van der Waals surface area contributed by atoms with E-state index in [1.54, 1.807) is 13.0 Å². The third kappa shape index (κ3) is 3.60. The summed E-state index contributed by atoms with van der Waals surface area (Å²) in [5, 5.41) is 2.93. The van der Waals surface area contributed by atoms with Crippen LogP contribution in [0.4, 0.5) is 5.13 Å². The van der Waals surface area contributed by atoms with Gasteiger partial charge in [0.2, 0.25) is 11.0 Å². The van der Waals surface area contributed by atoms with E-state index in [2.05, 4.69) is 15.0 Å². The predicted molar refractivity (Wildman–Crippen MR) is 111 cm³/mol. The molecule has 0 saturated carbocycles. The first-order valence-electron chi connectivity index (χ1n) is 8.79. The highest BCUT2D eigenvalue weighted by molar-refractivity contribution is 7.89. The molecule has 28 heavy (non-hydrogen) atoms. The van der Waals surface area contributed by atoms with Gasteiger partial charge in [-0.3, -0.25) is 4.79 Å². The van der Waals surface area contributed by atoms with Crippen molar-refractivity contribution >= 4 is 32.4 Å². The maximum Gasteiger partial charge on any atom is 0.274 e. The van der Waals surface area contributed by atoms with Gasteiger partial charge in [0.1, 0.15) is 5.76 Å². The number of carbonyl (C=O) groups is 1. The van der Waals surface area contributed by atoms with E-state index in [1.807, 2.05) is 24.3 Å². The molecule has 1 amide bonds. The number of benzene rings is 1. The van der Waals surface area contributed by atoms with Crippen LogP contribution in [-0.2, 0) is 21.2 Å². The molecule has 2 heterocycles. The van der Waals surface area contributed by atoms with Gasteiger partial charge in [0.05, 0.1) is 10.6 Å². The Morgan fingerprint density at radius 2 is 2.07 bits per heavy atom. The largest absolute Gasteiger partial charge is 0.442 e. The van der Waals surface area contributed by atoms with Crippen LogP contribution in [0.15, 0.2) is 45.9 Å². The summed E-state index contributed by atoms with van der Waals surface area (Å²) in [6.45, 7) is 3.18. The molecular formula is C19H23N3O4S2. The van der Waals surface area contributed by atoms with Gasteiger partial charge in [-0.05, 0) is 43.0 Å². The van der Waals surface area contributed by atoms with Crippen LogP contribution in [0.2, 0.25) is 0 Å². The van der Waals surface area contributed by atoms with Gasteiger partial charge in [-0.15, -0.1) is 0 Å². The van der Waals surface area contributed by atoms with Crippen LogP contribution >= 0.6 is 11.3 Å². The van der Waals surface area contributed by atoms with Gasteiger partial charge >= 0.3 is 0 Å². The van der Waals surface area contributed by atoms with Gasteiger partial charge in [0.15, 0.2) is 5.13 Å².